The molecule has 8 heteroatoms. The molecule has 2 unspecified atom stereocenters. The summed E-state index contributed by atoms with van der Waals surface area (Å²) in [7, 11) is 3.64. The van der Waals surface area contributed by atoms with Crippen molar-refractivity contribution in [3.8, 4) is 10.6 Å². The van der Waals surface area contributed by atoms with Crippen molar-refractivity contribution >= 4 is 27.2 Å². The lowest BCUT2D eigenvalue weighted by atomic mass is 9.96. The lowest BCUT2D eigenvalue weighted by Crippen LogP contribution is -2.55. The topological polar surface area (TPSA) is 63.1 Å². The van der Waals surface area contributed by atoms with E-state index in [4.69, 9.17) is 0 Å². The van der Waals surface area contributed by atoms with Crippen LogP contribution in [0.15, 0.2) is 35.3 Å². The van der Waals surface area contributed by atoms with E-state index < -0.39 is 6.17 Å². The molecule has 146 valence electrons. The van der Waals surface area contributed by atoms with Crippen LogP contribution in [0.5, 0.6) is 0 Å². The van der Waals surface area contributed by atoms with Gasteiger partial charge in [-0.3, -0.25) is 4.79 Å². The highest BCUT2D eigenvalue weighted by atomic mass is 32.1. The number of pyridine rings is 1. The Hall–Kier alpha value is -2.32. The highest BCUT2D eigenvalue weighted by Gasteiger charge is 2.43. The Balaban J connectivity index is 1.41. The van der Waals surface area contributed by atoms with Gasteiger partial charge in [-0.15, -0.1) is 21.5 Å². The standard InChI is InChI=1S/C20H22FN5OS/c1-25-8-7-16-12(20(25)27)10-17(28-16)13-5-6-18(24-23-13)26(2)15-9-11-3-4-14(22-11)19(15)21/h5-8,10-11,14-15,19,22H,3-4,9H2,1-2H3/t11?,14?,15-,19+/m1/s1. The van der Waals surface area contributed by atoms with Crippen LogP contribution in [0.3, 0.4) is 0 Å². The van der Waals surface area contributed by atoms with E-state index in [1.165, 1.54) is 11.3 Å². The smallest absolute Gasteiger partial charge is 0.259 e. The number of aromatic nitrogens is 3. The van der Waals surface area contributed by atoms with E-state index in [2.05, 4.69) is 15.5 Å². The summed E-state index contributed by atoms with van der Waals surface area (Å²) in [6, 6.07) is 7.78. The number of piperidine rings is 1. The molecular weight excluding hydrogens is 377 g/mol. The first kappa shape index (κ1) is 17.8. The molecule has 28 heavy (non-hydrogen) atoms. The number of nitrogens with one attached hydrogen (secondary N) is 1. The van der Waals surface area contributed by atoms with Gasteiger partial charge in [0.25, 0.3) is 5.56 Å². The van der Waals surface area contributed by atoms with Gasteiger partial charge in [-0.25, -0.2) is 4.39 Å². The lowest BCUT2D eigenvalue weighted by molar-refractivity contribution is 0.176. The van der Waals surface area contributed by atoms with Gasteiger partial charge in [0.1, 0.15) is 11.9 Å². The number of thiophene rings is 1. The number of rotatable bonds is 3. The molecule has 5 heterocycles. The quantitative estimate of drug-likeness (QED) is 0.734. The van der Waals surface area contributed by atoms with Crippen molar-refractivity contribution < 1.29 is 4.39 Å². The molecule has 1 N–H and O–H groups in total. The Labute approximate surface area is 166 Å². The van der Waals surface area contributed by atoms with E-state index in [1.54, 1.807) is 17.8 Å². The molecular formula is C20H22FN5OS. The normalized spacial score (nSPS) is 26.7. The molecule has 2 aliphatic rings. The fourth-order valence-electron chi connectivity index (χ4n) is 4.42. The molecule has 0 radical (unpaired) electrons. The molecule has 0 amide bonds. The molecule has 2 fully saturated rings. The molecule has 0 aromatic carbocycles. The highest BCUT2D eigenvalue weighted by molar-refractivity contribution is 7.22. The molecule has 0 saturated carbocycles. The summed E-state index contributed by atoms with van der Waals surface area (Å²) >= 11 is 1.53. The van der Waals surface area contributed by atoms with Gasteiger partial charge in [-0.1, -0.05) is 0 Å². The zero-order valence-electron chi connectivity index (χ0n) is 15.8. The minimum atomic E-state index is -0.899. The van der Waals surface area contributed by atoms with Gasteiger partial charge in [0.15, 0.2) is 5.82 Å². The predicted molar refractivity (Wildman–Crippen MR) is 110 cm³/mol. The Morgan fingerprint density at radius 1 is 1.29 bits per heavy atom. The second-order valence-corrected chi connectivity index (χ2v) is 8.89. The van der Waals surface area contributed by atoms with Crippen LogP contribution in [-0.2, 0) is 7.05 Å². The van der Waals surface area contributed by atoms with Gasteiger partial charge in [-0.2, -0.15) is 0 Å². The maximum atomic E-state index is 14.8. The van der Waals surface area contributed by atoms with E-state index in [1.807, 2.05) is 36.2 Å². The number of alkyl halides is 1. The highest BCUT2D eigenvalue weighted by Crippen LogP contribution is 2.34. The summed E-state index contributed by atoms with van der Waals surface area (Å²) in [5, 5.41) is 12.8. The Kier molecular flexibility index (Phi) is 4.21. The average molecular weight is 399 g/mol. The number of fused-ring (bicyclic) bond motifs is 3. The Bertz CT molecular complexity index is 1080. The molecule has 2 saturated heterocycles. The van der Waals surface area contributed by atoms with Gasteiger partial charge in [0.2, 0.25) is 0 Å². The number of halogens is 1. The largest absolute Gasteiger partial charge is 0.352 e. The van der Waals surface area contributed by atoms with E-state index in [0.717, 1.165) is 34.5 Å². The summed E-state index contributed by atoms with van der Waals surface area (Å²) in [4.78, 5) is 15.1. The van der Waals surface area contributed by atoms with Crippen LogP contribution < -0.4 is 15.8 Å². The molecule has 0 aliphatic carbocycles. The molecule has 2 aliphatic heterocycles. The van der Waals surface area contributed by atoms with Gasteiger partial charge < -0.3 is 14.8 Å². The van der Waals surface area contributed by atoms with Gasteiger partial charge in [0, 0.05) is 37.1 Å². The van der Waals surface area contributed by atoms with Crippen LogP contribution in [0.4, 0.5) is 10.2 Å². The van der Waals surface area contributed by atoms with E-state index in [0.29, 0.717) is 17.2 Å². The zero-order chi connectivity index (χ0) is 19.4. The fraction of sp³-hybridized carbons (Fsp3) is 0.450. The molecule has 3 aromatic heterocycles. The van der Waals surface area contributed by atoms with Crippen molar-refractivity contribution in [3.05, 3.63) is 40.8 Å². The van der Waals surface area contributed by atoms with Crippen molar-refractivity contribution in [3.63, 3.8) is 0 Å². The maximum absolute atomic E-state index is 14.8. The van der Waals surface area contributed by atoms with Gasteiger partial charge in [0.05, 0.1) is 16.3 Å². The zero-order valence-corrected chi connectivity index (χ0v) is 16.6. The third kappa shape index (κ3) is 2.82. The minimum Gasteiger partial charge on any atom is -0.352 e. The maximum Gasteiger partial charge on any atom is 0.259 e. The minimum absolute atomic E-state index is 0.0150. The second kappa shape index (κ2) is 6.63. The summed E-state index contributed by atoms with van der Waals surface area (Å²) in [6.45, 7) is 0. The van der Waals surface area contributed by atoms with Crippen LogP contribution in [0.25, 0.3) is 20.7 Å². The second-order valence-electron chi connectivity index (χ2n) is 7.80. The van der Waals surface area contributed by atoms with Crippen molar-refractivity contribution in [2.75, 3.05) is 11.9 Å². The molecule has 0 spiro atoms. The fourth-order valence-corrected chi connectivity index (χ4v) is 5.43. The predicted octanol–water partition coefficient (Wildman–Crippen LogP) is 2.72. The first-order valence-corrected chi connectivity index (χ1v) is 10.4. The number of anilines is 1. The third-order valence-corrected chi connectivity index (χ3v) is 7.20. The molecule has 6 nitrogen and oxygen atoms in total. The number of aryl methyl sites for hydroxylation is 1. The van der Waals surface area contributed by atoms with Crippen LogP contribution >= 0.6 is 11.3 Å². The first-order valence-electron chi connectivity index (χ1n) is 9.57. The van der Waals surface area contributed by atoms with E-state index in [9.17, 15) is 9.18 Å². The van der Waals surface area contributed by atoms with Crippen LogP contribution in [0.1, 0.15) is 19.3 Å². The summed E-state index contributed by atoms with van der Waals surface area (Å²) in [6.07, 6.45) is 3.62. The Morgan fingerprint density at radius 3 is 2.93 bits per heavy atom. The van der Waals surface area contributed by atoms with E-state index in [-0.39, 0.29) is 17.6 Å². The summed E-state index contributed by atoms with van der Waals surface area (Å²) in [5.41, 5.74) is 0.710. The van der Waals surface area contributed by atoms with Gasteiger partial charge >= 0.3 is 0 Å². The molecule has 4 atom stereocenters. The first-order chi connectivity index (χ1) is 13.5. The number of nitrogens with zero attached hydrogens (tertiary/aromatic N) is 4. The van der Waals surface area contributed by atoms with Crippen LogP contribution in [0, 0.1) is 0 Å². The average Bonchev–Trinajstić information content (AvgIpc) is 3.32. The van der Waals surface area contributed by atoms with Crippen molar-refractivity contribution in [2.24, 2.45) is 7.05 Å². The van der Waals surface area contributed by atoms with E-state index >= 15 is 0 Å². The number of hydrogen-bond acceptors (Lipinski definition) is 6. The molecule has 3 aromatic rings. The van der Waals surface area contributed by atoms with Crippen LogP contribution in [-0.4, -0.2) is 46.1 Å². The number of hydrogen-bond donors (Lipinski definition) is 1. The lowest BCUT2D eigenvalue weighted by Gasteiger charge is -2.38. The van der Waals surface area contributed by atoms with Crippen LogP contribution in [0.2, 0.25) is 0 Å². The van der Waals surface area contributed by atoms with Crippen molar-refractivity contribution in [1.29, 1.82) is 0 Å². The summed E-state index contributed by atoms with van der Waals surface area (Å²) < 4.78 is 17.3. The van der Waals surface area contributed by atoms with Gasteiger partial charge in [-0.05, 0) is 43.5 Å². The SMILES string of the molecule is CN(c1ccc(-c2cc3c(=O)n(C)ccc3s2)nn1)[C@@H]1CC2CCC(N2)[C@@H]1F. The van der Waals surface area contributed by atoms with Crippen molar-refractivity contribution in [2.45, 2.75) is 43.6 Å². The van der Waals surface area contributed by atoms with Crippen molar-refractivity contribution in [1.82, 2.24) is 20.1 Å². The Morgan fingerprint density at radius 2 is 2.14 bits per heavy atom. The monoisotopic (exact) mass is 399 g/mol. The molecule has 2 bridgehead atoms. The summed E-state index contributed by atoms with van der Waals surface area (Å²) in [5.74, 6) is 0.676. The molecule has 5 rings (SSSR count). The third-order valence-electron chi connectivity index (χ3n) is 6.08.